The molecular formula is C14H18O4S2. The van der Waals surface area contributed by atoms with Gasteiger partial charge in [-0.1, -0.05) is 19.1 Å². The second-order valence-electron chi connectivity index (χ2n) is 4.67. The van der Waals surface area contributed by atoms with E-state index in [2.05, 4.69) is 0 Å². The zero-order valence-electron chi connectivity index (χ0n) is 11.4. The fraction of sp³-hybridized carbons (Fsp3) is 0.500. The number of carbonyl (C=O) groups excluding carboxylic acids is 1. The first kappa shape index (κ1) is 15.4. The van der Waals surface area contributed by atoms with Gasteiger partial charge in [0.2, 0.25) is 0 Å². The minimum atomic E-state index is -2.99. The van der Waals surface area contributed by atoms with Crippen LogP contribution in [0.15, 0.2) is 29.2 Å². The van der Waals surface area contributed by atoms with Crippen molar-refractivity contribution in [2.24, 2.45) is 0 Å². The molecule has 1 aromatic rings. The van der Waals surface area contributed by atoms with Crippen molar-refractivity contribution in [1.29, 1.82) is 0 Å². The SMILES string of the molecule is CCS(=O)(=O)CCCC(=O)C1CSc2ccccc2O1. The number of ether oxygens (including phenoxy) is 1. The van der Waals surface area contributed by atoms with Crippen LogP contribution < -0.4 is 4.74 Å². The van der Waals surface area contributed by atoms with Gasteiger partial charge in [0, 0.05) is 22.8 Å². The third kappa shape index (κ3) is 3.99. The van der Waals surface area contributed by atoms with Crippen LogP contribution in [0.4, 0.5) is 0 Å². The molecule has 2 rings (SSSR count). The van der Waals surface area contributed by atoms with Crippen LogP contribution in [-0.4, -0.2) is 37.6 Å². The molecule has 1 unspecified atom stereocenters. The van der Waals surface area contributed by atoms with Gasteiger partial charge in [-0.25, -0.2) is 8.42 Å². The lowest BCUT2D eigenvalue weighted by atomic mass is 10.1. The number of hydrogen-bond acceptors (Lipinski definition) is 5. The molecule has 0 spiro atoms. The van der Waals surface area contributed by atoms with Gasteiger partial charge >= 0.3 is 0 Å². The van der Waals surface area contributed by atoms with Crippen LogP contribution in [0.5, 0.6) is 5.75 Å². The number of para-hydroxylation sites is 1. The molecule has 0 saturated heterocycles. The van der Waals surface area contributed by atoms with Crippen molar-refractivity contribution >= 4 is 27.4 Å². The van der Waals surface area contributed by atoms with E-state index in [4.69, 9.17) is 4.74 Å². The van der Waals surface area contributed by atoms with E-state index < -0.39 is 15.9 Å². The fourth-order valence-corrected chi connectivity index (χ4v) is 3.84. The smallest absolute Gasteiger partial charge is 0.174 e. The molecule has 0 saturated carbocycles. The number of sulfone groups is 1. The van der Waals surface area contributed by atoms with Gasteiger partial charge in [0.15, 0.2) is 11.9 Å². The highest BCUT2D eigenvalue weighted by molar-refractivity contribution is 7.99. The molecule has 1 aliphatic heterocycles. The number of hydrogen-bond donors (Lipinski definition) is 0. The molecule has 0 bridgehead atoms. The standard InChI is InChI=1S/C14H18O4S2/c1-2-20(16,17)9-5-6-11(15)13-10-19-14-8-4-3-7-12(14)18-13/h3-4,7-8,13H,2,5-6,9-10H2,1H3. The summed E-state index contributed by atoms with van der Waals surface area (Å²) in [4.78, 5) is 13.1. The van der Waals surface area contributed by atoms with Crippen molar-refractivity contribution < 1.29 is 17.9 Å². The average Bonchev–Trinajstić information content (AvgIpc) is 2.46. The summed E-state index contributed by atoms with van der Waals surface area (Å²) in [7, 11) is -2.99. The maximum Gasteiger partial charge on any atom is 0.174 e. The monoisotopic (exact) mass is 314 g/mol. The quantitative estimate of drug-likeness (QED) is 0.806. The molecule has 6 heteroatoms. The normalized spacial score (nSPS) is 18.1. The second kappa shape index (κ2) is 6.63. The van der Waals surface area contributed by atoms with Gasteiger partial charge < -0.3 is 4.74 Å². The Hall–Kier alpha value is -1.01. The lowest BCUT2D eigenvalue weighted by Crippen LogP contribution is -2.32. The minimum Gasteiger partial charge on any atom is -0.481 e. The van der Waals surface area contributed by atoms with Gasteiger partial charge in [-0.15, -0.1) is 11.8 Å². The van der Waals surface area contributed by atoms with Gasteiger partial charge in [0.25, 0.3) is 0 Å². The van der Waals surface area contributed by atoms with E-state index in [0.717, 1.165) is 10.6 Å². The van der Waals surface area contributed by atoms with E-state index in [9.17, 15) is 13.2 Å². The highest BCUT2D eigenvalue weighted by Crippen LogP contribution is 2.35. The van der Waals surface area contributed by atoms with Crippen molar-refractivity contribution in [3.05, 3.63) is 24.3 Å². The number of ketones is 1. The molecule has 1 heterocycles. The Kier molecular flexibility index (Phi) is 5.10. The van der Waals surface area contributed by atoms with E-state index >= 15 is 0 Å². The number of Topliss-reactive ketones (excluding diaryl/α,β-unsaturated/α-hetero) is 1. The summed E-state index contributed by atoms with van der Waals surface area (Å²) in [5.41, 5.74) is 0. The number of thioether (sulfide) groups is 1. The van der Waals surface area contributed by atoms with Gasteiger partial charge in [-0.2, -0.15) is 0 Å². The van der Waals surface area contributed by atoms with Gasteiger partial charge in [0.1, 0.15) is 15.6 Å². The Balaban J connectivity index is 1.86. The summed E-state index contributed by atoms with van der Waals surface area (Å²) in [5.74, 6) is 1.52. The Labute approximate surface area is 123 Å². The Morgan fingerprint density at radius 2 is 2.15 bits per heavy atom. The Morgan fingerprint density at radius 3 is 2.90 bits per heavy atom. The summed E-state index contributed by atoms with van der Waals surface area (Å²) in [6.07, 6.45) is 0.174. The number of benzene rings is 1. The molecule has 1 aromatic carbocycles. The molecule has 0 radical (unpaired) electrons. The van der Waals surface area contributed by atoms with Crippen LogP contribution in [0.1, 0.15) is 19.8 Å². The van der Waals surface area contributed by atoms with Gasteiger partial charge in [-0.05, 0) is 18.6 Å². The third-order valence-electron chi connectivity index (χ3n) is 3.19. The molecule has 110 valence electrons. The van der Waals surface area contributed by atoms with E-state index in [1.807, 2.05) is 24.3 Å². The largest absolute Gasteiger partial charge is 0.481 e. The number of carbonyl (C=O) groups is 1. The molecular weight excluding hydrogens is 296 g/mol. The molecule has 1 atom stereocenters. The molecule has 20 heavy (non-hydrogen) atoms. The highest BCUT2D eigenvalue weighted by Gasteiger charge is 2.26. The second-order valence-corrected chi connectivity index (χ2v) is 8.21. The molecule has 0 aliphatic carbocycles. The lowest BCUT2D eigenvalue weighted by molar-refractivity contribution is -0.125. The first-order chi connectivity index (χ1) is 9.52. The molecule has 1 aliphatic rings. The summed E-state index contributed by atoms with van der Waals surface area (Å²) >= 11 is 1.60. The number of rotatable bonds is 6. The predicted molar refractivity (Wildman–Crippen MR) is 80.2 cm³/mol. The maximum atomic E-state index is 12.0. The maximum absolute atomic E-state index is 12.0. The summed E-state index contributed by atoms with van der Waals surface area (Å²) in [6.45, 7) is 1.62. The first-order valence-corrected chi connectivity index (χ1v) is 9.44. The van der Waals surface area contributed by atoms with Crippen molar-refractivity contribution in [3.8, 4) is 5.75 Å². The van der Waals surface area contributed by atoms with Crippen molar-refractivity contribution in [2.45, 2.75) is 30.8 Å². The average molecular weight is 314 g/mol. The van der Waals surface area contributed by atoms with Crippen LogP contribution in [0.2, 0.25) is 0 Å². The summed E-state index contributed by atoms with van der Waals surface area (Å²) < 4.78 is 28.4. The predicted octanol–water partition coefficient (Wildman–Crippen LogP) is 2.32. The van der Waals surface area contributed by atoms with Crippen molar-refractivity contribution in [3.63, 3.8) is 0 Å². The van der Waals surface area contributed by atoms with Gasteiger partial charge in [-0.3, -0.25) is 4.79 Å². The molecule has 0 N–H and O–H groups in total. The van der Waals surface area contributed by atoms with E-state index in [0.29, 0.717) is 12.2 Å². The molecule has 0 amide bonds. The van der Waals surface area contributed by atoms with E-state index in [1.165, 1.54) is 0 Å². The van der Waals surface area contributed by atoms with Crippen molar-refractivity contribution in [1.82, 2.24) is 0 Å². The lowest BCUT2D eigenvalue weighted by Gasteiger charge is -2.24. The van der Waals surface area contributed by atoms with Crippen LogP contribution in [0.25, 0.3) is 0 Å². The van der Waals surface area contributed by atoms with Crippen LogP contribution in [-0.2, 0) is 14.6 Å². The Bertz CT molecular complexity index is 581. The molecule has 0 fully saturated rings. The van der Waals surface area contributed by atoms with E-state index in [1.54, 1.807) is 18.7 Å². The van der Waals surface area contributed by atoms with E-state index in [-0.39, 0.29) is 23.7 Å². The summed E-state index contributed by atoms with van der Waals surface area (Å²) in [6, 6.07) is 7.63. The highest BCUT2D eigenvalue weighted by atomic mass is 32.2. The Morgan fingerprint density at radius 1 is 1.40 bits per heavy atom. The number of fused-ring (bicyclic) bond motifs is 1. The van der Waals surface area contributed by atoms with Crippen LogP contribution in [0, 0.1) is 0 Å². The first-order valence-electron chi connectivity index (χ1n) is 6.63. The topological polar surface area (TPSA) is 60.4 Å². The zero-order chi connectivity index (χ0) is 14.6. The van der Waals surface area contributed by atoms with Crippen LogP contribution in [0.3, 0.4) is 0 Å². The van der Waals surface area contributed by atoms with Crippen LogP contribution >= 0.6 is 11.8 Å². The fourth-order valence-electron chi connectivity index (χ4n) is 1.95. The zero-order valence-corrected chi connectivity index (χ0v) is 13.0. The van der Waals surface area contributed by atoms with Crippen molar-refractivity contribution in [2.75, 3.05) is 17.3 Å². The summed E-state index contributed by atoms with van der Waals surface area (Å²) in [5, 5.41) is 0. The third-order valence-corrected chi connectivity index (χ3v) is 6.09. The molecule has 4 nitrogen and oxygen atoms in total. The minimum absolute atomic E-state index is 0.0155. The van der Waals surface area contributed by atoms with Gasteiger partial charge in [0.05, 0.1) is 5.75 Å². The molecule has 0 aromatic heterocycles.